The van der Waals surface area contributed by atoms with Gasteiger partial charge in [-0.2, -0.15) is 18.4 Å². The number of hydrogen-bond acceptors (Lipinski definition) is 3. The standard InChI is InChI=1S/C9H6F3NOS/c1-14-8-6(15)3-2-5(4-13)7(8)9(10,11)12/h2-3,15H,1H3. The van der Waals surface area contributed by atoms with Gasteiger partial charge in [0.1, 0.15) is 11.3 Å². The first kappa shape index (κ1) is 11.7. The summed E-state index contributed by atoms with van der Waals surface area (Å²) in [5.74, 6) is -0.426. The molecular formula is C9H6F3NOS. The van der Waals surface area contributed by atoms with Crippen LogP contribution in [0.5, 0.6) is 5.75 Å². The molecule has 0 radical (unpaired) electrons. The molecule has 0 saturated heterocycles. The van der Waals surface area contributed by atoms with Crippen molar-refractivity contribution in [1.29, 1.82) is 5.26 Å². The van der Waals surface area contributed by atoms with Gasteiger partial charge in [-0.25, -0.2) is 0 Å². The summed E-state index contributed by atoms with van der Waals surface area (Å²) in [4.78, 5) is 0.0452. The normalized spacial score (nSPS) is 10.9. The minimum absolute atomic E-state index is 0.0452. The molecule has 0 amide bonds. The molecule has 1 aromatic carbocycles. The van der Waals surface area contributed by atoms with E-state index < -0.39 is 23.1 Å². The molecule has 0 fully saturated rings. The van der Waals surface area contributed by atoms with Crippen molar-refractivity contribution < 1.29 is 17.9 Å². The molecule has 6 heteroatoms. The first-order valence-electron chi connectivity index (χ1n) is 3.79. The fourth-order valence-corrected chi connectivity index (χ4v) is 1.43. The lowest BCUT2D eigenvalue weighted by molar-refractivity contribution is -0.139. The number of methoxy groups -OCH3 is 1. The maximum absolute atomic E-state index is 12.6. The lowest BCUT2D eigenvalue weighted by Gasteiger charge is -2.14. The number of rotatable bonds is 1. The summed E-state index contributed by atoms with van der Waals surface area (Å²) in [5, 5.41) is 8.56. The van der Waals surface area contributed by atoms with E-state index in [1.807, 2.05) is 0 Å². The monoisotopic (exact) mass is 233 g/mol. The molecule has 0 heterocycles. The quantitative estimate of drug-likeness (QED) is 0.756. The Morgan fingerprint density at radius 2 is 2.00 bits per heavy atom. The maximum Gasteiger partial charge on any atom is 0.421 e. The second-order valence-corrected chi connectivity index (χ2v) is 3.13. The van der Waals surface area contributed by atoms with Crippen molar-refractivity contribution in [2.45, 2.75) is 11.1 Å². The Kier molecular flexibility index (Phi) is 3.15. The van der Waals surface area contributed by atoms with E-state index in [1.165, 1.54) is 12.1 Å². The molecular weight excluding hydrogens is 227 g/mol. The van der Waals surface area contributed by atoms with Crippen LogP contribution in [0.4, 0.5) is 13.2 Å². The van der Waals surface area contributed by atoms with Crippen LogP contribution in [-0.4, -0.2) is 7.11 Å². The Bertz CT molecular complexity index is 423. The SMILES string of the molecule is COc1c(S)ccc(C#N)c1C(F)(F)F. The average molecular weight is 233 g/mol. The van der Waals surface area contributed by atoms with Crippen molar-refractivity contribution in [3.63, 3.8) is 0 Å². The Morgan fingerprint density at radius 1 is 1.40 bits per heavy atom. The van der Waals surface area contributed by atoms with Crippen molar-refractivity contribution in [3.8, 4) is 11.8 Å². The number of benzene rings is 1. The zero-order valence-corrected chi connectivity index (χ0v) is 8.49. The van der Waals surface area contributed by atoms with Gasteiger partial charge >= 0.3 is 6.18 Å². The smallest absolute Gasteiger partial charge is 0.421 e. The highest BCUT2D eigenvalue weighted by Gasteiger charge is 2.38. The maximum atomic E-state index is 12.6. The van der Waals surface area contributed by atoms with Gasteiger partial charge in [0, 0.05) is 4.90 Å². The van der Waals surface area contributed by atoms with Crippen LogP contribution in [-0.2, 0) is 6.18 Å². The first-order chi connectivity index (χ1) is 6.91. The van der Waals surface area contributed by atoms with E-state index in [2.05, 4.69) is 17.4 Å². The fourth-order valence-electron chi connectivity index (χ4n) is 1.15. The van der Waals surface area contributed by atoms with E-state index in [9.17, 15) is 13.2 Å². The molecule has 80 valence electrons. The number of nitrogens with zero attached hydrogens (tertiary/aromatic N) is 1. The second-order valence-electron chi connectivity index (χ2n) is 2.65. The second kappa shape index (κ2) is 4.03. The third-order valence-electron chi connectivity index (χ3n) is 1.74. The van der Waals surface area contributed by atoms with Gasteiger partial charge in [-0.15, -0.1) is 12.6 Å². The van der Waals surface area contributed by atoms with Crippen LogP contribution in [0.25, 0.3) is 0 Å². The first-order valence-corrected chi connectivity index (χ1v) is 4.23. The molecule has 0 aromatic heterocycles. The number of nitriles is 1. The number of halogens is 3. The van der Waals surface area contributed by atoms with Crippen LogP contribution in [0.3, 0.4) is 0 Å². The largest absolute Gasteiger partial charge is 0.495 e. The van der Waals surface area contributed by atoms with Gasteiger partial charge in [-0.1, -0.05) is 0 Å². The number of ether oxygens (including phenoxy) is 1. The van der Waals surface area contributed by atoms with Gasteiger partial charge in [-0.3, -0.25) is 0 Å². The summed E-state index contributed by atoms with van der Waals surface area (Å²) in [6.07, 6.45) is -4.63. The van der Waals surface area contributed by atoms with E-state index in [0.717, 1.165) is 13.2 Å². The Balaban J connectivity index is 3.57. The minimum Gasteiger partial charge on any atom is -0.495 e. The van der Waals surface area contributed by atoms with Crippen LogP contribution < -0.4 is 4.74 Å². The van der Waals surface area contributed by atoms with E-state index in [1.54, 1.807) is 0 Å². The summed E-state index contributed by atoms with van der Waals surface area (Å²) in [6.45, 7) is 0. The predicted molar refractivity (Wildman–Crippen MR) is 50.0 cm³/mol. The van der Waals surface area contributed by atoms with E-state index >= 15 is 0 Å². The van der Waals surface area contributed by atoms with Gasteiger partial charge in [-0.05, 0) is 12.1 Å². The zero-order chi connectivity index (χ0) is 11.6. The zero-order valence-electron chi connectivity index (χ0n) is 7.59. The summed E-state index contributed by atoms with van der Waals surface area (Å²) in [6, 6.07) is 3.82. The Morgan fingerprint density at radius 3 is 2.40 bits per heavy atom. The molecule has 0 aliphatic carbocycles. The van der Waals surface area contributed by atoms with Crippen molar-refractivity contribution in [2.24, 2.45) is 0 Å². The molecule has 0 bridgehead atoms. The lowest BCUT2D eigenvalue weighted by atomic mass is 10.1. The molecule has 0 saturated carbocycles. The van der Waals surface area contributed by atoms with Gasteiger partial charge < -0.3 is 4.74 Å². The third-order valence-corrected chi connectivity index (χ3v) is 2.10. The van der Waals surface area contributed by atoms with E-state index in [4.69, 9.17) is 5.26 Å². The van der Waals surface area contributed by atoms with Crippen LogP contribution in [0.1, 0.15) is 11.1 Å². The fraction of sp³-hybridized carbons (Fsp3) is 0.222. The van der Waals surface area contributed by atoms with E-state index in [-0.39, 0.29) is 4.90 Å². The Labute approximate surface area is 89.7 Å². The molecule has 0 aliphatic rings. The highest BCUT2D eigenvalue weighted by Crippen LogP contribution is 2.41. The van der Waals surface area contributed by atoms with Crippen molar-refractivity contribution in [3.05, 3.63) is 23.3 Å². The predicted octanol–water partition coefficient (Wildman–Crippen LogP) is 2.87. The Hall–Kier alpha value is -1.35. The van der Waals surface area contributed by atoms with Crippen LogP contribution in [0, 0.1) is 11.3 Å². The summed E-state index contributed by atoms with van der Waals surface area (Å²) in [5.41, 5.74) is -1.56. The molecule has 0 unspecified atom stereocenters. The highest BCUT2D eigenvalue weighted by molar-refractivity contribution is 7.80. The molecule has 0 aliphatic heterocycles. The van der Waals surface area contributed by atoms with Crippen molar-refractivity contribution in [2.75, 3.05) is 7.11 Å². The molecule has 15 heavy (non-hydrogen) atoms. The number of hydrogen-bond donors (Lipinski definition) is 1. The van der Waals surface area contributed by atoms with Crippen LogP contribution in [0.15, 0.2) is 17.0 Å². The summed E-state index contributed by atoms with van der Waals surface area (Å²) < 4.78 is 42.4. The third kappa shape index (κ3) is 2.18. The summed E-state index contributed by atoms with van der Waals surface area (Å²) >= 11 is 3.83. The average Bonchev–Trinajstić information content (AvgIpc) is 2.15. The molecule has 0 N–H and O–H groups in total. The van der Waals surface area contributed by atoms with Crippen LogP contribution in [0.2, 0.25) is 0 Å². The van der Waals surface area contributed by atoms with Gasteiger partial charge in [0.2, 0.25) is 0 Å². The van der Waals surface area contributed by atoms with Gasteiger partial charge in [0.05, 0.1) is 18.7 Å². The van der Waals surface area contributed by atoms with Crippen LogP contribution >= 0.6 is 12.6 Å². The van der Waals surface area contributed by atoms with E-state index in [0.29, 0.717) is 0 Å². The topological polar surface area (TPSA) is 33.0 Å². The lowest BCUT2D eigenvalue weighted by Crippen LogP contribution is -2.10. The number of thiol groups is 1. The van der Waals surface area contributed by atoms with Crippen molar-refractivity contribution in [1.82, 2.24) is 0 Å². The number of alkyl halides is 3. The van der Waals surface area contributed by atoms with Gasteiger partial charge in [0.25, 0.3) is 0 Å². The molecule has 0 spiro atoms. The molecule has 1 aromatic rings. The highest BCUT2D eigenvalue weighted by atomic mass is 32.1. The molecule has 2 nitrogen and oxygen atoms in total. The molecule has 1 rings (SSSR count). The minimum atomic E-state index is -4.63. The van der Waals surface area contributed by atoms with Gasteiger partial charge in [0.15, 0.2) is 0 Å². The molecule has 0 atom stereocenters. The van der Waals surface area contributed by atoms with Crippen molar-refractivity contribution >= 4 is 12.6 Å². The summed E-state index contributed by atoms with van der Waals surface area (Å²) in [7, 11) is 1.10.